The minimum absolute atomic E-state index is 0.00111. The van der Waals surface area contributed by atoms with Gasteiger partial charge in [0.2, 0.25) is 0 Å². The maximum atomic E-state index is 10.9. The smallest absolute Gasteiger partial charge is 0.365 e. The van der Waals surface area contributed by atoms with Crippen molar-refractivity contribution in [3.8, 4) is 0 Å². The largest absolute Gasteiger partial charge is 0.459 e. The van der Waals surface area contributed by atoms with E-state index in [1.165, 1.54) is 11.5 Å². The van der Waals surface area contributed by atoms with Crippen LogP contribution in [-0.2, 0) is 19.3 Å². The van der Waals surface area contributed by atoms with Gasteiger partial charge in [0, 0.05) is 18.4 Å². The number of rotatable bonds is 3. The monoisotopic (exact) mass is 222 g/mol. The first kappa shape index (κ1) is 9.90. The summed E-state index contributed by atoms with van der Waals surface area (Å²) in [7, 11) is 0. The fraction of sp³-hybridized carbons (Fsp3) is 0.583. The van der Waals surface area contributed by atoms with E-state index in [1.54, 1.807) is 0 Å². The quantitative estimate of drug-likeness (QED) is 0.416. The van der Waals surface area contributed by atoms with Crippen LogP contribution in [0.15, 0.2) is 24.2 Å². The summed E-state index contributed by atoms with van der Waals surface area (Å²) in [6.07, 6.45) is 5.17. The van der Waals surface area contributed by atoms with Crippen LogP contribution in [0, 0.1) is 11.8 Å². The molecule has 3 aliphatic rings. The predicted molar refractivity (Wildman–Crippen MR) is 54.7 cm³/mol. The molecular formula is C12H14O4. The zero-order chi connectivity index (χ0) is 11.1. The summed E-state index contributed by atoms with van der Waals surface area (Å²) in [6.45, 7) is 3.31. The Hall–Kier alpha value is -1.29. The Morgan fingerprint density at radius 2 is 2.38 bits per heavy atom. The van der Waals surface area contributed by atoms with Crippen LogP contribution in [0.4, 0.5) is 0 Å². The van der Waals surface area contributed by atoms with E-state index in [9.17, 15) is 4.79 Å². The average Bonchev–Trinajstić information content (AvgIpc) is 2.99. The summed E-state index contributed by atoms with van der Waals surface area (Å²) in [5, 5.41) is 0. The molecule has 0 amide bonds. The maximum absolute atomic E-state index is 10.9. The third-order valence-electron chi connectivity index (χ3n) is 3.63. The van der Waals surface area contributed by atoms with E-state index in [1.807, 2.05) is 0 Å². The minimum atomic E-state index is -0.531. The highest BCUT2D eigenvalue weighted by Gasteiger charge is 2.49. The highest BCUT2D eigenvalue weighted by molar-refractivity contribution is 5.80. The molecule has 1 heterocycles. The third kappa shape index (κ3) is 1.63. The Morgan fingerprint density at radius 3 is 3.19 bits per heavy atom. The number of hydrogen-bond donors (Lipinski definition) is 0. The van der Waals surface area contributed by atoms with E-state index in [2.05, 4.69) is 11.5 Å². The molecule has 0 aromatic rings. The predicted octanol–water partition coefficient (Wildman–Crippen LogP) is 2.08. The van der Waals surface area contributed by atoms with Crippen LogP contribution in [0.3, 0.4) is 0 Å². The lowest BCUT2D eigenvalue weighted by Crippen LogP contribution is -2.29. The summed E-state index contributed by atoms with van der Waals surface area (Å²) >= 11 is 0. The van der Waals surface area contributed by atoms with Gasteiger partial charge in [0.05, 0.1) is 0 Å². The molecule has 1 aliphatic heterocycles. The lowest BCUT2D eigenvalue weighted by Gasteiger charge is -2.31. The molecule has 16 heavy (non-hydrogen) atoms. The van der Waals surface area contributed by atoms with Crippen LogP contribution >= 0.6 is 0 Å². The van der Waals surface area contributed by atoms with E-state index in [0.29, 0.717) is 5.92 Å². The molecule has 2 aliphatic carbocycles. The van der Waals surface area contributed by atoms with Crippen LogP contribution in [0.1, 0.15) is 25.7 Å². The van der Waals surface area contributed by atoms with E-state index >= 15 is 0 Å². The van der Waals surface area contributed by atoms with Crippen molar-refractivity contribution in [3.05, 3.63) is 24.2 Å². The molecular weight excluding hydrogens is 208 g/mol. The average molecular weight is 222 g/mol. The molecule has 0 saturated heterocycles. The zero-order valence-corrected chi connectivity index (χ0v) is 8.98. The fourth-order valence-corrected chi connectivity index (χ4v) is 2.77. The molecule has 0 aromatic heterocycles. The van der Waals surface area contributed by atoms with Crippen molar-refractivity contribution in [2.75, 3.05) is 0 Å². The van der Waals surface area contributed by atoms with Gasteiger partial charge in [0.25, 0.3) is 0 Å². The van der Waals surface area contributed by atoms with Gasteiger partial charge in [-0.05, 0) is 25.2 Å². The van der Waals surface area contributed by atoms with Gasteiger partial charge in [0.15, 0.2) is 0 Å². The first-order chi connectivity index (χ1) is 7.78. The Balaban J connectivity index is 1.53. The van der Waals surface area contributed by atoms with Crippen molar-refractivity contribution >= 4 is 5.97 Å². The van der Waals surface area contributed by atoms with Crippen LogP contribution in [-0.4, -0.2) is 12.1 Å². The second-order valence-electron chi connectivity index (χ2n) is 4.60. The molecule has 3 atom stereocenters. The number of allylic oxidation sites excluding steroid dienone is 2. The second-order valence-corrected chi connectivity index (χ2v) is 4.60. The van der Waals surface area contributed by atoms with Crippen molar-refractivity contribution in [3.63, 3.8) is 0 Å². The maximum Gasteiger partial charge on any atom is 0.365 e. The summed E-state index contributed by atoms with van der Waals surface area (Å²) in [6, 6.07) is 0. The first-order valence-corrected chi connectivity index (χ1v) is 5.68. The lowest BCUT2D eigenvalue weighted by molar-refractivity contribution is -0.300. The molecule has 0 aromatic carbocycles. The van der Waals surface area contributed by atoms with E-state index in [0.717, 1.165) is 37.7 Å². The van der Waals surface area contributed by atoms with E-state index < -0.39 is 5.97 Å². The number of carbonyl (C=O) groups excluding carboxylic acids is 1. The van der Waals surface area contributed by atoms with Crippen LogP contribution in [0.25, 0.3) is 0 Å². The standard InChI is InChI=1S/C12H14O4/c1-2-11(13)16-15-8-4-3-7-5-10-12(14-10)9(7)6-8/h2,7-9H,1,3-6H2. The molecule has 0 N–H and O–H groups in total. The van der Waals surface area contributed by atoms with Gasteiger partial charge in [-0.1, -0.05) is 6.58 Å². The lowest BCUT2D eigenvalue weighted by atomic mass is 9.79. The summed E-state index contributed by atoms with van der Waals surface area (Å²) in [5.74, 6) is 3.06. The van der Waals surface area contributed by atoms with Gasteiger partial charge >= 0.3 is 5.97 Å². The number of carbonyl (C=O) groups is 1. The Bertz CT molecular complexity index is 371. The molecule has 3 unspecified atom stereocenters. The summed E-state index contributed by atoms with van der Waals surface area (Å²) < 4.78 is 5.37. The van der Waals surface area contributed by atoms with Gasteiger partial charge < -0.3 is 4.74 Å². The number of fused-ring (bicyclic) bond motifs is 2. The normalized spacial score (nSPS) is 34.9. The molecule has 86 valence electrons. The molecule has 3 rings (SSSR count). The van der Waals surface area contributed by atoms with Gasteiger partial charge in [-0.3, -0.25) is 4.89 Å². The van der Waals surface area contributed by atoms with Gasteiger partial charge in [-0.25, -0.2) is 4.79 Å². The minimum Gasteiger partial charge on any atom is -0.459 e. The third-order valence-corrected chi connectivity index (χ3v) is 3.63. The highest BCUT2D eigenvalue weighted by atomic mass is 17.2. The highest BCUT2D eigenvalue weighted by Crippen LogP contribution is 2.55. The Labute approximate surface area is 93.8 Å². The molecule has 0 radical (unpaired) electrons. The molecule has 0 spiro atoms. The van der Waals surface area contributed by atoms with Crippen molar-refractivity contribution in [2.24, 2.45) is 11.8 Å². The van der Waals surface area contributed by atoms with E-state index in [-0.39, 0.29) is 6.10 Å². The second kappa shape index (κ2) is 3.63. The van der Waals surface area contributed by atoms with Crippen LogP contribution < -0.4 is 0 Å². The molecule has 1 saturated carbocycles. The van der Waals surface area contributed by atoms with Crippen molar-refractivity contribution < 1.29 is 19.3 Å². The van der Waals surface area contributed by atoms with Crippen LogP contribution in [0.2, 0.25) is 0 Å². The number of ether oxygens (including phenoxy) is 1. The zero-order valence-electron chi connectivity index (χ0n) is 8.98. The Kier molecular flexibility index (Phi) is 2.24. The molecule has 1 fully saturated rings. The Morgan fingerprint density at radius 1 is 1.50 bits per heavy atom. The van der Waals surface area contributed by atoms with Crippen molar-refractivity contribution in [2.45, 2.75) is 31.8 Å². The van der Waals surface area contributed by atoms with Crippen molar-refractivity contribution in [1.82, 2.24) is 0 Å². The molecule has 0 bridgehead atoms. The summed E-state index contributed by atoms with van der Waals surface area (Å²) in [5.41, 5.74) is 0. The van der Waals surface area contributed by atoms with Gasteiger partial charge in [-0.15, -0.1) is 0 Å². The summed E-state index contributed by atoms with van der Waals surface area (Å²) in [4.78, 5) is 20.6. The van der Waals surface area contributed by atoms with Crippen molar-refractivity contribution in [1.29, 1.82) is 0 Å². The SMILES string of the molecule is C=CC(=O)OOC1CCC2CC3=C(O3)C2C1. The van der Waals surface area contributed by atoms with E-state index in [4.69, 9.17) is 9.62 Å². The number of hydrogen-bond acceptors (Lipinski definition) is 4. The molecule has 4 heteroatoms. The first-order valence-electron chi connectivity index (χ1n) is 5.68. The fourth-order valence-electron chi connectivity index (χ4n) is 2.77. The topological polar surface area (TPSA) is 48.1 Å². The molecule has 4 nitrogen and oxygen atoms in total. The van der Waals surface area contributed by atoms with Gasteiger partial charge in [-0.2, -0.15) is 4.89 Å². The van der Waals surface area contributed by atoms with Crippen LogP contribution in [0.5, 0.6) is 0 Å². The van der Waals surface area contributed by atoms with Gasteiger partial charge in [0.1, 0.15) is 17.6 Å².